The molecular formula is C17H14ClN3O3S. The van der Waals surface area contributed by atoms with Gasteiger partial charge >= 0.3 is 5.97 Å². The van der Waals surface area contributed by atoms with Crippen molar-refractivity contribution >= 4 is 39.8 Å². The predicted octanol–water partition coefficient (Wildman–Crippen LogP) is 3.23. The summed E-state index contributed by atoms with van der Waals surface area (Å²) in [7, 11) is 0. The van der Waals surface area contributed by atoms with Crippen molar-refractivity contribution < 1.29 is 14.3 Å². The standard InChI is InChI=1S/C17H14ClN3O3S/c18-14-12(21-8-9-25-17(21)20-14)16(23)24-13(10-4-2-1-3-5-10)15(22)19-11-6-7-11/h1-5,8-9,11,13H,6-7H2,(H,19,22)/t13-/m0/s1. The summed E-state index contributed by atoms with van der Waals surface area (Å²) in [5.41, 5.74) is 0.731. The molecule has 25 heavy (non-hydrogen) atoms. The molecule has 0 saturated heterocycles. The van der Waals surface area contributed by atoms with Crippen LogP contribution in [-0.2, 0) is 9.53 Å². The van der Waals surface area contributed by atoms with Crippen LogP contribution in [0.25, 0.3) is 4.96 Å². The summed E-state index contributed by atoms with van der Waals surface area (Å²) in [6, 6.07) is 9.10. The van der Waals surface area contributed by atoms with Crippen molar-refractivity contribution in [3.05, 3.63) is 58.3 Å². The van der Waals surface area contributed by atoms with Crippen LogP contribution in [0.5, 0.6) is 0 Å². The highest BCUT2D eigenvalue weighted by molar-refractivity contribution is 7.15. The van der Waals surface area contributed by atoms with Crippen LogP contribution in [0.3, 0.4) is 0 Å². The van der Waals surface area contributed by atoms with Crippen LogP contribution in [0.1, 0.15) is 35.0 Å². The Bertz CT molecular complexity index is 933. The Hall–Kier alpha value is -2.38. The van der Waals surface area contributed by atoms with Crippen molar-refractivity contribution in [1.29, 1.82) is 0 Å². The third kappa shape index (κ3) is 3.25. The van der Waals surface area contributed by atoms with Gasteiger partial charge in [-0.1, -0.05) is 41.9 Å². The summed E-state index contributed by atoms with van der Waals surface area (Å²) < 4.78 is 7.10. The molecule has 2 aromatic heterocycles. The van der Waals surface area contributed by atoms with Gasteiger partial charge in [-0.3, -0.25) is 9.20 Å². The van der Waals surface area contributed by atoms with Gasteiger partial charge in [-0.05, 0) is 12.8 Å². The summed E-state index contributed by atoms with van der Waals surface area (Å²) in [6.45, 7) is 0. The van der Waals surface area contributed by atoms with Gasteiger partial charge < -0.3 is 10.1 Å². The van der Waals surface area contributed by atoms with Gasteiger partial charge in [0.15, 0.2) is 15.8 Å². The molecule has 1 aliphatic carbocycles. The first kappa shape index (κ1) is 16.1. The minimum atomic E-state index is -1.03. The minimum Gasteiger partial charge on any atom is -0.443 e. The molecule has 1 atom stereocenters. The lowest BCUT2D eigenvalue weighted by atomic mass is 10.1. The fourth-order valence-corrected chi connectivity index (χ4v) is 3.52. The second-order valence-electron chi connectivity index (χ2n) is 5.79. The highest BCUT2D eigenvalue weighted by atomic mass is 35.5. The number of carbonyl (C=O) groups is 2. The van der Waals surface area contributed by atoms with Crippen LogP contribution in [0.4, 0.5) is 0 Å². The van der Waals surface area contributed by atoms with Crippen molar-refractivity contribution in [2.75, 3.05) is 0 Å². The van der Waals surface area contributed by atoms with Crippen molar-refractivity contribution in [3.63, 3.8) is 0 Å². The summed E-state index contributed by atoms with van der Waals surface area (Å²) in [6.07, 6.45) is 2.56. The number of nitrogens with one attached hydrogen (secondary N) is 1. The molecule has 6 nitrogen and oxygen atoms in total. The molecule has 1 N–H and O–H groups in total. The zero-order valence-corrected chi connectivity index (χ0v) is 14.6. The highest BCUT2D eigenvalue weighted by Crippen LogP contribution is 2.27. The normalized spacial score (nSPS) is 15.1. The van der Waals surface area contributed by atoms with E-state index in [4.69, 9.17) is 16.3 Å². The molecule has 128 valence electrons. The van der Waals surface area contributed by atoms with Crippen molar-refractivity contribution in [2.45, 2.75) is 25.0 Å². The summed E-state index contributed by atoms with van der Waals surface area (Å²) in [5, 5.41) is 4.74. The van der Waals surface area contributed by atoms with E-state index in [-0.39, 0.29) is 22.8 Å². The summed E-state index contributed by atoms with van der Waals surface area (Å²) in [5.74, 6) is -1.01. The van der Waals surface area contributed by atoms with Crippen LogP contribution < -0.4 is 5.32 Å². The van der Waals surface area contributed by atoms with Crippen LogP contribution >= 0.6 is 22.9 Å². The van der Waals surface area contributed by atoms with Crippen LogP contribution in [0, 0.1) is 0 Å². The Morgan fingerprint density at radius 2 is 2.08 bits per heavy atom. The molecule has 1 saturated carbocycles. The van der Waals surface area contributed by atoms with E-state index in [1.807, 2.05) is 6.07 Å². The van der Waals surface area contributed by atoms with E-state index in [1.165, 1.54) is 11.3 Å². The summed E-state index contributed by atoms with van der Waals surface area (Å²) >= 11 is 7.44. The molecule has 0 aliphatic heterocycles. The number of nitrogens with zero attached hydrogens (tertiary/aromatic N) is 2. The van der Waals surface area contributed by atoms with E-state index >= 15 is 0 Å². The van der Waals surface area contributed by atoms with Gasteiger partial charge in [0.1, 0.15) is 0 Å². The highest BCUT2D eigenvalue weighted by Gasteiger charge is 2.32. The van der Waals surface area contributed by atoms with E-state index in [2.05, 4.69) is 10.3 Å². The molecule has 2 heterocycles. The Balaban J connectivity index is 1.63. The van der Waals surface area contributed by atoms with Crippen LogP contribution in [0.2, 0.25) is 5.15 Å². The number of benzene rings is 1. The van der Waals surface area contributed by atoms with Crippen LogP contribution in [-0.4, -0.2) is 27.3 Å². The molecule has 4 rings (SSSR count). The Morgan fingerprint density at radius 3 is 2.80 bits per heavy atom. The predicted molar refractivity (Wildman–Crippen MR) is 93.8 cm³/mol. The van der Waals surface area contributed by atoms with Crippen molar-refractivity contribution in [1.82, 2.24) is 14.7 Å². The maximum absolute atomic E-state index is 12.7. The molecular weight excluding hydrogens is 362 g/mol. The quantitative estimate of drug-likeness (QED) is 0.695. The molecule has 1 amide bonds. The molecule has 0 bridgehead atoms. The Kier molecular flexibility index (Phi) is 4.19. The third-order valence-corrected chi connectivity index (χ3v) is 4.92. The number of hydrogen-bond acceptors (Lipinski definition) is 5. The second-order valence-corrected chi connectivity index (χ2v) is 7.02. The van der Waals surface area contributed by atoms with Crippen molar-refractivity contribution in [3.8, 4) is 0 Å². The molecule has 0 unspecified atom stereocenters. The van der Waals surface area contributed by atoms with E-state index in [9.17, 15) is 9.59 Å². The van der Waals surface area contributed by atoms with Crippen LogP contribution in [0.15, 0.2) is 41.9 Å². The fraction of sp³-hybridized carbons (Fsp3) is 0.235. The average molecular weight is 376 g/mol. The Morgan fingerprint density at radius 1 is 1.32 bits per heavy atom. The molecule has 3 aromatic rings. The van der Waals surface area contributed by atoms with E-state index in [1.54, 1.807) is 40.2 Å². The SMILES string of the molecule is O=C(O[C@H](C(=O)NC1CC1)c1ccccc1)c1c(Cl)nc2sccn12. The second kappa shape index (κ2) is 6.50. The number of amides is 1. The lowest BCUT2D eigenvalue weighted by Gasteiger charge is -2.17. The Labute approximate surface area is 152 Å². The number of thiazole rings is 1. The molecule has 0 radical (unpaired) electrons. The number of fused-ring (bicyclic) bond motifs is 1. The fourth-order valence-electron chi connectivity index (χ4n) is 2.51. The number of esters is 1. The first-order chi connectivity index (χ1) is 12.1. The molecule has 1 fully saturated rings. The van der Waals surface area contributed by atoms with Gasteiger partial charge in [-0.15, -0.1) is 11.3 Å². The molecule has 1 aliphatic rings. The first-order valence-electron chi connectivity index (χ1n) is 7.81. The topological polar surface area (TPSA) is 72.7 Å². The lowest BCUT2D eigenvalue weighted by Crippen LogP contribution is -2.33. The third-order valence-electron chi connectivity index (χ3n) is 3.90. The zero-order valence-electron chi connectivity index (χ0n) is 13.0. The number of hydrogen-bond donors (Lipinski definition) is 1. The van der Waals surface area contributed by atoms with E-state index < -0.39 is 12.1 Å². The number of imidazole rings is 1. The van der Waals surface area contributed by atoms with E-state index in [0.717, 1.165) is 12.8 Å². The van der Waals surface area contributed by atoms with Gasteiger partial charge in [0, 0.05) is 23.2 Å². The largest absolute Gasteiger partial charge is 0.443 e. The maximum Gasteiger partial charge on any atom is 0.359 e. The van der Waals surface area contributed by atoms with Gasteiger partial charge in [0.2, 0.25) is 6.10 Å². The van der Waals surface area contributed by atoms with Gasteiger partial charge in [0.05, 0.1) is 0 Å². The molecule has 1 aromatic carbocycles. The maximum atomic E-state index is 12.7. The van der Waals surface area contributed by atoms with Crippen molar-refractivity contribution in [2.24, 2.45) is 0 Å². The smallest absolute Gasteiger partial charge is 0.359 e. The molecule has 8 heteroatoms. The number of carbonyl (C=O) groups excluding carboxylic acids is 2. The van der Waals surface area contributed by atoms with Gasteiger partial charge in [0.25, 0.3) is 5.91 Å². The number of ether oxygens (including phenoxy) is 1. The van der Waals surface area contributed by atoms with Gasteiger partial charge in [-0.25, -0.2) is 9.78 Å². The lowest BCUT2D eigenvalue weighted by molar-refractivity contribution is -0.130. The molecule has 0 spiro atoms. The minimum absolute atomic E-state index is 0.0614. The number of rotatable bonds is 5. The first-order valence-corrected chi connectivity index (χ1v) is 9.06. The monoisotopic (exact) mass is 375 g/mol. The zero-order chi connectivity index (χ0) is 17.4. The summed E-state index contributed by atoms with van der Waals surface area (Å²) in [4.78, 5) is 30.0. The number of halogens is 1. The average Bonchev–Trinajstić information content (AvgIpc) is 3.21. The number of aromatic nitrogens is 2. The van der Waals surface area contributed by atoms with E-state index in [0.29, 0.717) is 10.5 Å². The van der Waals surface area contributed by atoms with Gasteiger partial charge in [-0.2, -0.15) is 0 Å².